The number of aromatic nitrogens is 1. The number of rotatable bonds is 5. The number of hydrogen-bond acceptors (Lipinski definition) is 6. The van der Waals surface area contributed by atoms with Crippen molar-refractivity contribution >= 4 is 29.2 Å². The number of hydrogen-bond donors (Lipinski definition) is 0. The van der Waals surface area contributed by atoms with E-state index in [1.165, 1.54) is 13.1 Å². The molecule has 0 radical (unpaired) electrons. The second-order valence-corrected chi connectivity index (χ2v) is 6.36. The quantitative estimate of drug-likeness (QED) is 0.592. The molecule has 0 N–H and O–H groups in total. The lowest BCUT2D eigenvalue weighted by Gasteiger charge is -2.27. The number of morpholine rings is 1. The summed E-state index contributed by atoms with van der Waals surface area (Å²) in [7, 11) is 0. The first kappa shape index (κ1) is 18.4. The molecule has 2 aromatic rings. The summed E-state index contributed by atoms with van der Waals surface area (Å²) in [5.41, 5.74) is 0.700. The Hall–Kier alpha value is -2.44. The zero-order valence-electron chi connectivity index (χ0n) is 14.4. The molecular weight excluding hydrogens is 356 g/mol. The SMILES string of the molecule is C[C@H](OC(=O)c1ccc(N2CCOCC2)nc1)C(=O)c1cccc(Cl)c1. The lowest BCUT2D eigenvalue weighted by molar-refractivity contribution is 0.0318. The topological polar surface area (TPSA) is 68.7 Å². The van der Waals surface area contributed by atoms with E-state index in [-0.39, 0.29) is 5.78 Å². The Morgan fingerprint density at radius 2 is 1.96 bits per heavy atom. The largest absolute Gasteiger partial charge is 0.451 e. The minimum absolute atomic E-state index is 0.299. The van der Waals surface area contributed by atoms with Gasteiger partial charge in [-0.25, -0.2) is 9.78 Å². The highest BCUT2D eigenvalue weighted by Gasteiger charge is 2.21. The fraction of sp³-hybridized carbons (Fsp3) is 0.316. The number of halogens is 1. The molecule has 1 aromatic heterocycles. The second kappa shape index (κ2) is 8.29. The van der Waals surface area contributed by atoms with Crippen molar-refractivity contribution in [1.82, 2.24) is 4.98 Å². The Labute approximate surface area is 156 Å². The van der Waals surface area contributed by atoms with Crippen molar-refractivity contribution in [3.05, 3.63) is 58.7 Å². The number of nitrogens with zero attached hydrogens (tertiary/aromatic N) is 2. The van der Waals surface area contributed by atoms with Gasteiger partial charge >= 0.3 is 5.97 Å². The monoisotopic (exact) mass is 374 g/mol. The first-order chi connectivity index (χ1) is 12.5. The number of pyridine rings is 1. The second-order valence-electron chi connectivity index (χ2n) is 5.93. The van der Waals surface area contributed by atoms with Crippen molar-refractivity contribution in [1.29, 1.82) is 0 Å². The molecule has 1 aliphatic rings. The first-order valence-corrected chi connectivity index (χ1v) is 8.72. The molecule has 0 saturated carbocycles. The highest BCUT2D eigenvalue weighted by molar-refractivity contribution is 6.31. The van der Waals surface area contributed by atoms with Crippen LogP contribution in [0.5, 0.6) is 0 Å². The van der Waals surface area contributed by atoms with E-state index >= 15 is 0 Å². The molecule has 2 heterocycles. The van der Waals surface area contributed by atoms with Crippen LogP contribution in [0, 0.1) is 0 Å². The fourth-order valence-electron chi connectivity index (χ4n) is 2.64. The fourth-order valence-corrected chi connectivity index (χ4v) is 2.84. The van der Waals surface area contributed by atoms with Crippen molar-refractivity contribution in [2.45, 2.75) is 13.0 Å². The molecule has 0 amide bonds. The van der Waals surface area contributed by atoms with E-state index in [4.69, 9.17) is 21.1 Å². The Morgan fingerprint density at radius 1 is 1.19 bits per heavy atom. The Morgan fingerprint density at radius 3 is 2.62 bits per heavy atom. The predicted molar refractivity (Wildman–Crippen MR) is 97.9 cm³/mol. The van der Waals surface area contributed by atoms with E-state index in [1.807, 2.05) is 0 Å². The molecule has 1 aliphatic heterocycles. The third-order valence-corrected chi connectivity index (χ3v) is 4.32. The van der Waals surface area contributed by atoms with Crippen LogP contribution in [0.25, 0.3) is 0 Å². The van der Waals surface area contributed by atoms with Gasteiger partial charge in [0.25, 0.3) is 0 Å². The van der Waals surface area contributed by atoms with E-state index in [2.05, 4.69) is 9.88 Å². The maximum Gasteiger partial charge on any atom is 0.340 e. The number of anilines is 1. The van der Waals surface area contributed by atoms with Gasteiger partial charge in [0, 0.05) is 29.9 Å². The van der Waals surface area contributed by atoms with Crippen molar-refractivity contribution in [3.63, 3.8) is 0 Å². The molecule has 3 rings (SSSR count). The summed E-state index contributed by atoms with van der Waals surface area (Å²) < 4.78 is 10.6. The van der Waals surface area contributed by atoms with Gasteiger partial charge in [0.05, 0.1) is 18.8 Å². The first-order valence-electron chi connectivity index (χ1n) is 8.34. The van der Waals surface area contributed by atoms with Crippen molar-refractivity contribution < 1.29 is 19.1 Å². The standard InChI is InChI=1S/C19H19ClN2O4/c1-13(18(23)14-3-2-4-16(20)11-14)26-19(24)15-5-6-17(21-12-15)22-7-9-25-10-8-22/h2-6,11-13H,7-10H2,1H3/t13-/m0/s1. The van der Waals surface area contributed by atoms with Crippen LogP contribution in [0.4, 0.5) is 5.82 Å². The number of carbonyl (C=O) groups is 2. The van der Waals surface area contributed by atoms with Gasteiger partial charge in [-0.05, 0) is 31.2 Å². The van der Waals surface area contributed by atoms with Gasteiger partial charge in [-0.2, -0.15) is 0 Å². The molecule has 1 atom stereocenters. The predicted octanol–water partition coefficient (Wildman–Crippen LogP) is 3.00. The molecular formula is C19H19ClN2O4. The van der Waals surface area contributed by atoms with Gasteiger partial charge in [0.15, 0.2) is 6.10 Å². The Kier molecular flexibility index (Phi) is 5.85. The van der Waals surface area contributed by atoms with Gasteiger partial charge in [0.2, 0.25) is 5.78 Å². The number of ketones is 1. The molecule has 7 heteroatoms. The van der Waals surface area contributed by atoms with Crippen molar-refractivity contribution in [2.24, 2.45) is 0 Å². The van der Waals surface area contributed by atoms with Crippen LogP contribution in [0.15, 0.2) is 42.6 Å². The molecule has 0 spiro atoms. The highest BCUT2D eigenvalue weighted by atomic mass is 35.5. The third kappa shape index (κ3) is 4.39. The summed E-state index contributed by atoms with van der Waals surface area (Å²) in [6, 6.07) is 9.96. The summed E-state index contributed by atoms with van der Waals surface area (Å²) in [6.45, 7) is 4.39. The molecule has 0 unspecified atom stereocenters. The van der Waals surface area contributed by atoms with Crippen LogP contribution in [0.3, 0.4) is 0 Å². The summed E-state index contributed by atoms with van der Waals surface area (Å²) in [4.78, 5) is 31.0. The van der Waals surface area contributed by atoms with E-state index in [0.29, 0.717) is 29.4 Å². The summed E-state index contributed by atoms with van der Waals surface area (Å²) in [5, 5.41) is 0.456. The van der Waals surface area contributed by atoms with Crippen molar-refractivity contribution in [2.75, 3.05) is 31.2 Å². The average molecular weight is 375 g/mol. The molecule has 1 aromatic carbocycles. The lowest BCUT2D eigenvalue weighted by atomic mass is 10.1. The van der Waals surface area contributed by atoms with Gasteiger partial charge in [-0.3, -0.25) is 4.79 Å². The molecule has 6 nitrogen and oxygen atoms in total. The molecule has 26 heavy (non-hydrogen) atoms. The van der Waals surface area contributed by atoms with Crippen LogP contribution >= 0.6 is 11.6 Å². The summed E-state index contributed by atoms with van der Waals surface area (Å²) >= 11 is 5.89. The highest BCUT2D eigenvalue weighted by Crippen LogP contribution is 2.16. The lowest BCUT2D eigenvalue weighted by Crippen LogP contribution is -2.36. The van der Waals surface area contributed by atoms with Gasteiger partial charge in [0.1, 0.15) is 5.82 Å². The van der Waals surface area contributed by atoms with Gasteiger partial charge < -0.3 is 14.4 Å². The zero-order chi connectivity index (χ0) is 18.5. The molecule has 1 saturated heterocycles. The molecule has 0 bridgehead atoms. The van der Waals surface area contributed by atoms with E-state index in [0.717, 1.165) is 18.9 Å². The normalized spacial score (nSPS) is 15.4. The third-order valence-electron chi connectivity index (χ3n) is 4.08. The van der Waals surface area contributed by atoms with Gasteiger partial charge in [-0.15, -0.1) is 0 Å². The smallest absolute Gasteiger partial charge is 0.340 e. The van der Waals surface area contributed by atoms with E-state index < -0.39 is 12.1 Å². The number of ether oxygens (including phenoxy) is 2. The number of carbonyl (C=O) groups excluding carboxylic acids is 2. The number of Topliss-reactive ketones (excluding diaryl/α,β-unsaturated/α-hetero) is 1. The van der Waals surface area contributed by atoms with Crippen LogP contribution in [0.2, 0.25) is 5.02 Å². The van der Waals surface area contributed by atoms with Crippen LogP contribution in [-0.2, 0) is 9.47 Å². The maximum atomic E-state index is 12.4. The van der Waals surface area contributed by atoms with E-state index in [1.54, 1.807) is 36.4 Å². The van der Waals surface area contributed by atoms with Crippen LogP contribution < -0.4 is 4.90 Å². The maximum absolute atomic E-state index is 12.4. The van der Waals surface area contributed by atoms with Crippen LogP contribution in [0.1, 0.15) is 27.6 Å². The van der Waals surface area contributed by atoms with Crippen LogP contribution in [-0.4, -0.2) is 49.1 Å². The number of benzene rings is 1. The average Bonchev–Trinajstić information content (AvgIpc) is 2.68. The number of esters is 1. The van der Waals surface area contributed by atoms with E-state index in [9.17, 15) is 9.59 Å². The van der Waals surface area contributed by atoms with Gasteiger partial charge in [-0.1, -0.05) is 23.7 Å². The summed E-state index contributed by atoms with van der Waals surface area (Å²) in [6.07, 6.45) is 0.545. The van der Waals surface area contributed by atoms with Crippen molar-refractivity contribution in [3.8, 4) is 0 Å². The minimum Gasteiger partial charge on any atom is -0.451 e. The Balaban J connectivity index is 1.62. The minimum atomic E-state index is -0.917. The molecule has 136 valence electrons. The zero-order valence-corrected chi connectivity index (χ0v) is 15.1. The Bertz CT molecular complexity index is 788. The molecule has 1 fully saturated rings. The summed E-state index contributed by atoms with van der Waals surface area (Å²) in [5.74, 6) is -0.111. The molecule has 0 aliphatic carbocycles.